The maximum atomic E-state index is 11.3. The van der Waals surface area contributed by atoms with E-state index in [0.29, 0.717) is 18.6 Å². The van der Waals surface area contributed by atoms with Crippen LogP contribution in [0.25, 0.3) is 0 Å². The average molecular weight is 242 g/mol. The summed E-state index contributed by atoms with van der Waals surface area (Å²) in [5.41, 5.74) is 1.54. The molecule has 0 saturated carbocycles. The zero-order valence-corrected chi connectivity index (χ0v) is 10.1. The molecule has 0 aromatic carbocycles. The van der Waals surface area contributed by atoms with Crippen LogP contribution in [-0.4, -0.2) is 19.4 Å². The van der Waals surface area contributed by atoms with Gasteiger partial charge in [-0.3, -0.25) is 4.28 Å². The number of nitrogens with zero attached hydrogens (tertiary/aromatic N) is 2. The molecule has 0 N–H and O–H groups in total. The van der Waals surface area contributed by atoms with Crippen LogP contribution in [0.4, 0.5) is 0 Å². The van der Waals surface area contributed by atoms with Crippen LogP contribution in [0, 0.1) is 11.3 Å². The van der Waals surface area contributed by atoms with E-state index in [1.165, 1.54) is 13.8 Å². The number of hydrogen-bond donors (Lipinski definition) is 0. The predicted octanol–water partition coefficient (Wildman–Crippen LogP) is 1.73. The van der Waals surface area contributed by atoms with E-state index < -0.39 is 15.4 Å². The molecule has 5 nitrogen and oxygen atoms in total. The molecule has 0 fully saturated rings. The third kappa shape index (κ3) is 3.35. The number of hydrogen-bond acceptors (Lipinski definition) is 5. The van der Waals surface area contributed by atoms with Crippen LogP contribution in [0.1, 0.15) is 33.1 Å². The van der Waals surface area contributed by atoms with Gasteiger partial charge in [0.2, 0.25) is 0 Å². The van der Waals surface area contributed by atoms with Crippen molar-refractivity contribution in [3.63, 3.8) is 0 Å². The molecule has 6 heteroatoms. The minimum Gasteiger partial charge on any atom is -0.268 e. The molecule has 0 unspecified atom stereocenters. The zero-order valence-electron chi connectivity index (χ0n) is 9.30. The molecule has 0 bridgehead atoms. The summed E-state index contributed by atoms with van der Waals surface area (Å²) in [7, 11) is -3.60. The summed E-state index contributed by atoms with van der Waals surface area (Å²) in [6.45, 7) is 3.06. The Balaban J connectivity index is 2.65. The molecule has 0 spiro atoms. The largest absolute Gasteiger partial charge is 0.330 e. The van der Waals surface area contributed by atoms with Crippen LogP contribution in [0.3, 0.4) is 0 Å². The van der Waals surface area contributed by atoms with E-state index in [1.807, 2.05) is 6.07 Å². The van der Waals surface area contributed by atoms with Crippen molar-refractivity contribution in [2.45, 2.75) is 38.4 Å². The third-order valence-corrected chi connectivity index (χ3v) is 3.65. The molecule has 16 heavy (non-hydrogen) atoms. The highest BCUT2D eigenvalue weighted by Gasteiger charge is 2.18. The van der Waals surface area contributed by atoms with Crippen LogP contribution in [0.5, 0.6) is 0 Å². The van der Waals surface area contributed by atoms with E-state index in [9.17, 15) is 8.42 Å². The zero-order chi connectivity index (χ0) is 12.2. The monoisotopic (exact) mass is 242 g/mol. The molecule has 0 amide bonds. The first kappa shape index (κ1) is 12.7. The van der Waals surface area contributed by atoms with Gasteiger partial charge in [0.1, 0.15) is 0 Å². The van der Waals surface area contributed by atoms with Crippen molar-refractivity contribution >= 4 is 15.8 Å². The van der Waals surface area contributed by atoms with Crippen molar-refractivity contribution in [3.05, 3.63) is 11.6 Å². The van der Waals surface area contributed by atoms with Crippen LogP contribution < -0.4 is 0 Å². The van der Waals surface area contributed by atoms with Crippen LogP contribution in [0.15, 0.2) is 16.8 Å². The number of allylic oxidation sites excluding steroid dienone is 2. The first-order chi connectivity index (χ1) is 7.45. The maximum absolute atomic E-state index is 11.3. The van der Waals surface area contributed by atoms with Gasteiger partial charge >= 0.3 is 10.1 Å². The van der Waals surface area contributed by atoms with E-state index in [0.717, 1.165) is 12.0 Å². The van der Waals surface area contributed by atoms with Crippen molar-refractivity contribution in [2.75, 3.05) is 0 Å². The van der Waals surface area contributed by atoms with Gasteiger partial charge in [0.15, 0.2) is 0 Å². The highest BCUT2D eigenvalue weighted by Crippen LogP contribution is 2.19. The summed E-state index contributed by atoms with van der Waals surface area (Å²) in [6, 6.07) is 2.04. The molecule has 0 heterocycles. The van der Waals surface area contributed by atoms with Crippen LogP contribution in [0.2, 0.25) is 0 Å². The Morgan fingerprint density at radius 3 is 2.81 bits per heavy atom. The lowest BCUT2D eigenvalue weighted by atomic mass is 10.2. The van der Waals surface area contributed by atoms with E-state index >= 15 is 0 Å². The number of nitriles is 1. The Bertz CT molecular complexity index is 455. The van der Waals surface area contributed by atoms with Crippen LogP contribution >= 0.6 is 0 Å². The minimum atomic E-state index is -3.60. The Morgan fingerprint density at radius 1 is 1.56 bits per heavy atom. The maximum Gasteiger partial charge on any atom is 0.330 e. The smallest absolute Gasteiger partial charge is 0.268 e. The standard InChI is InChI=1S/C10H14N2O3S/c1-8(2)16(13,14)15-12-10-4-3-9(7-10)5-6-11/h7-8H,3-5H2,1-2H3/b12-10+. The topological polar surface area (TPSA) is 79.5 Å². The summed E-state index contributed by atoms with van der Waals surface area (Å²) in [6.07, 6.45) is 3.46. The highest BCUT2D eigenvalue weighted by atomic mass is 32.2. The summed E-state index contributed by atoms with van der Waals surface area (Å²) >= 11 is 0. The lowest BCUT2D eigenvalue weighted by Crippen LogP contribution is -2.15. The molecule has 1 rings (SSSR count). The fourth-order valence-electron chi connectivity index (χ4n) is 1.17. The summed E-state index contributed by atoms with van der Waals surface area (Å²) < 4.78 is 27.1. The SMILES string of the molecule is CC(C)S(=O)(=O)O/N=C1/C=C(CC#N)CC1. The second-order valence-electron chi connectivity index (χ2n) is 3.84. The number of oxime groups is 1. The predicted molar refractivity (Wildman–Crippen MR) is 60.1 cm³/mol. The minimum absolute atomic E-state index is 0.357. The highest BCUT2D eigenvalue weighted by molar-refractivity contribution is 7.87. The van der Waals surface area contributed by atoms with Crippen molar-refractivity contribution in [2.24, 2.45) is 5.16 Å². The second-order valence-corrected chi connectivity index (χ2v) is 5.91. The molecule has 1 aliphatic rings. The first-order valence-corrected chi connectivity index (χ1v) is 6.48. The number of rotatable bonds is 4. The van der Waals surface area contributed by atoms with E-state index in [1.54, 1.807) is 6.08 Å². The van der Waals surface area contributed by atoms with Gasteiger partial charge in [-0.15, -0.1) is 0 Å². The fourth-order valence-corrected chi connectivity index (χ4v) is 1.54. The lowest BCUT2D eigenvalue weighted by molar-refractivity contribution is 0.333. The lowest BCUT2D eigenvalue weighted by Gasteiger charge is -2.03. The molecular weight excluding hydrogens is 228 g/mol. The van der Waals surface area contributed by atoms with Gasteiger partial charge in [-0.1, -0.05) is 10.7 Å². The van der Waals surface area contributed by atoms with Crippen molar-refractivity contribution in [3.8, 4) is 6.07 Å². The van der Waals surface area contributed by atoms with Gasteiger partial charge < -0.3 is 0 Å². The second kappa shape index (κ2) is 5.12. The van der Waals surface area contributed by atoms with E-state index in [4.69, 9.17) is 5.26 Å². The van der Waals surface area contributed by atoms with Crippen molar-refractivity contribution in [1.82, 2.24) is 0 Å². The molecule has 88 valence electrons. The molecule has 0 radical (unpaired) electrons. The molecule has 0 aliphatic heterocycles. The van der Waals surface area contributed by atoms with Gasteiger partial charge in [-0.2, -0.15) is 13.7 Å². The summed E-state index contributed by atoms with van der Waals surface area (Å²) in [5, 5.41) is 11.5. The molecule has 0 saturated heterocycles. The molecule has 0 atom stereocenters. The van der Waals surface area contributed by atoms with Crippen molar-refractivity contribution in [1.29, 1.82) is 5.26 Å². The van der Waals surface area contributed by atoms with E-state index in [2.05, 4.69) is 9.44 Å². The van der Waals surface area contributed by atoms with Gasteiger partial charge in [0, 0.05) is 0 Å². The van der Waals surface area contributed by atoms with Gasteiger partial charge in [0.05, 0.1) is 23.5 Å². The molecule has 0 aromatic heterocycles. The Hall–Kier alpha value is -1.35. The van der Waals surface area contributed by atoms with Gasteiger partial charge in [-0.25, -0.2) is 0 Å². The van der Waals surface area contributed by atoms with Gasteiger partial charge in [-0.05, 0) is 32.8 Å². The molecule has 0 aromatic rings. The Morgan fingerprint density at radius 2 is 2.25 bits per heavy atom. The summed E-state index contributed by atoms with van der Waals surface area (Å²) in [5.74, 6) is 0. The fraction of sp³-hybridized carbons (Fsp3) is 0.600. The average Bonchev–Trinajstić information content (AvgIpc) is 2.63. The van der Waals surface area contributed by atoms with E-state index in [-0.39, 0.29) is 0 Å². The Kier molecular flexibility index (Phi) is 4.07. The Labute approximate surface area is 95.5 Å². The molecule has 1 aliphatic carbocycles. The molecular formula is C10H14N2O3S. The quantitative estimate of drug-likeness (QED) is 0.703. The third-order valence-electron chi connectivity index (χ3n) is 2.21. The first-order valence-electron chi connectivity index (χ1n) is 5.01. The summed E-state index contributed by atoms with van der Waals surface area (Å²) in [4.78, 5) is 0. The van der Waals surface area contributed by atoms with Crippen molar-refractivity contribution < 1.29 is 12.7 Å². The van der Waals surface area contributed by atoms with Crippen LogP contribution in [-0.2, 0) is 14.4 Å². The normalized spacial score (nSPS) is 18.6. The van der Waals surface area contributed by atoms with Gasteiger partial charge in [0.25, 0.3) is 0 Å².